The molecule has 0 saturated carbocycles. The molecule has 3 nitrogen and oxygen atoms in total. The maximum Gasteiger partial charge on any atom is 0.223 e. The largest absolute Gasteiger partial charge is 0.379 e. The maximum atomic E-state index is 13.0. The van der Waals surface area contributed by atoms with E-state index in [1.165, 1.54) is 19.1 Å². The van der Waals surface area contributed by atoms with E-state index in [1.54, 1.807) is 11.0 Å². The Morgan fingerprint density at radius 2 is 2.33 bits per heavy atom. The summed E-state index contributed by atoms with van der Waals surface area (Å²) in [7, 11) is 0. The average molecular weight is 208 g/mol. The number of anilines is 2. The van der Waals surface area contributed by atoms with Gasteiger partial charge in [-0.2, -0.15) is 0 Å². The van der Waals surface area contributed by atoms with Gasteiger partial charge < -0.3 is 10.2 Å². The van der Waals surface area contributed by atoms with Gasteiger partial charge in [-0.25, -0.2) is 4.39 Å². The summed E-state index contributed by atoms with van der Waals surface area (Å²) in [6.45, 7) is 4.10. The highest BCUT2D eigenvalue weighted by Gasteiger charge is 2.23. The number of halogens is 1. The van der Waals surface area contributed by atoms with Crippen molar-refractivity contribution in [2.75, 3.05) is 16.8 Å². The molecule has 0 spiro atoms. The zero-order valence-corrected chi connectivity index (χ0v) is 8.75. The van der Waals surface area contributed by atoms with Crippen LogP contribution >= 0.6 is 0 Å². The molecule has 1 aliphatic heterocycles. The minimum atomic E-state index is -0.293. The van der Waals surface area contributed by atoms with Crippen LogP contribution < -0.4 is 10.2 Å². The Morgan fingerprint density at radius 1 is 1.60 bits per heavy atom. The fraction of sp³-hybridized carbons (Fsp3) is 0.364. The zero-order chi connectivity index (χ0) is 11.0. The quantitative estimate of drug-likeness (QED) is 0.707. The lowest BCUT2D eigenvalue weighted by Crippen LogP contribution is -2.42. The van der Waals surface area contributed by atoms with Gasteiger partial charge in [-0.3, -0.25) is 4.79 Å². The van der Waals surface area contributed by atoms with Crippen LogP contribution in [-0.4, -0.2) is 18.5 Å². The van der Waals surface area contributed by atoms with E-state index in [0.717, 1.165) is 5.69 Å². The van der Waals surface area contributed by atoms with Gasteiger partial charge >= 0.3 is 0 Å². The molecule has 0 bridgehead atoms. The smallest absolute Gasteiger partial charge is 0.223 e. The first-order chi connectivity index (χ1) is 7.08. The topological polar surface area (TPSA) is 32.3 Å². The summed E-state index contributed by atoms with van der Waals surface area (Å²) in [4.78, 5) is 13.1. The Kier molecular flexibility index (Phi) is 2.34. The molecule has 0 aliphatic carbocycles. The number of nitrogens with one attached hydrogen (secondary N) is 1. The summed E-state index contributed by atoms with van der Waals surface area (Å²) in [5.41, 5.74) is 1.44. The normalized spacial score (nSPS) is 19.4. The van der Waals surface area contributed by atoms with Crippen LogP contribution in [0.5, 0.6) is 0 Å². The molecule has 15 heavy (non-hydrogen) atoms. The molecule has 1 amide bonds. The van der Waals surface area contributed by atoms with Gasteiger partial charge in [0.05, 0.1) is 11.4 Å². The number of hydrogen-bond donors (Lipinski definition) is 1. The van der Waals surface area contributed by atoms with Gasteiger partial charge in [0.2, 0.25) is 5.91 Å². The van der Waals surface area contributed by atoms with Crippen molar-refractivity contribution in [1.29, 1.82) is 0 Å². The molecule has 1 aromatic rings. The van der Waals surface area contributed by atoms with E-state index in [1.807, 2.05) is 6.92 Å². The Balaban J connectivity index is 2.46. The Morgan fingerprint density at radius 3 is 3.00 bits per heavy atom. The van der Waals surface area contributed by atoms with Crippen molar-refractivity contribution in [3.63, 3.8) is 0 Å². The fourth-order valence-electron chi connectivity index (χ4n) is 1.84. The van der Waals surface area contributed by atoms with Crippen molar-refractivity contribution < 1.29 is 9.18 Å². The average Bonchev–Trinajstić information content (AvgIpc) is 2.15. The third kappa shape index (κ3) is 1.79. The molecule has 2 rings (SSSR count). The standard InChI is InChI=1S/C11H13FN2O/c1-7-6-14(8(2)15)11-4-3-9(12)5-10(11)13-7/h3-5,7,13H,6H2,1-2H3. The van der Waals surface area contributed by atoms with Crippen LogP contribution in [-0.2, 0) is 4.79 Å². The molecule has 80 valence electrons. The van der Waals surface area contributed by atoms with Crippen LogP contribution in [0.2, 0.25) is 0 Å². The summed E-state index contributed by atoms with van der Waals surface area (Å²) in [6.07, 6.45) is 0. The molecule has 0 fully saturated rings. The van der Waals surface area contributed by atoms with Crippen molar-refractivity contribution >= 4 is 17.3 Å². The van der Waals surface area contributed by atoms with Gasteiger partial charge in [-0.1, -0.05) is 0 Å². The molecule has 1 atom stereocenters. The van der Waals surface area contributed by atoms with Crippen molar-refractivity contribution in [3.05, 3.63) is 24.0 Å². The highest BCUT2D eigenvalue weighted by Crippen LogP contribution is 2.31. The van der Waals surface area contributed by atoms with Gasteiger partial charge in [-0.05, 0) is 25.1 Å². The van der Waals surface area contributed by atoms with Crippen molar-refractivity contribution in [1.82, 2.24) is 0 Å². The predicted octanol–water partition coefficient (Wildman–Crippen LogP) is 1.99. The molecule has 0 aromatic heterocycles. The molecule has 0 saturated heterocycles. The molecule has 4 heteroatoms. The van der Waals surface area contributed by atoms with E-state index in [2.05, 4.69) is 5.32 Å². The Labute approximate surface area is 87.9 Å². The fourth-order valence-corrected chi connectivity index (χ4v) is 1.84. The van der Waals surface area contributed by atoms with Crippen LogP contribution in [0.15, 0.2) is 18.2 Å². The number of rotatable bonds is 0. The second-order valence-corrected chi connectivity index (χ2v) is 3.84. The lowest BCUT2D eigenvalue weighted by molar-refractivity contribution is -0.116. The van der Waals surface area contributed by atoms with Crippen LogP contribution in [0.25, 0.3) is 0 Å². The van der Waals surface area contributed by atoms with E-state index in [4.69, 9.17) is 0 Å². The van der Waals surface area contributed by atoms with E-state index in [0.29, 0.717) is 12.2 Å². The monoisotopic (exact) mass is 208 g/mol. The van der Waals surface area contributed by atoms with Crippen LogP contribution in [0, 0.1) is 5.82 Å². The van der Waals surface area contributed by atoms with Crippen molar-refractivity contribution in [2.24, 2.45) is 0 Å². The first-order valence-electron chi connectivity index (χ1n) is 4.92. The lowest BCUT2D eigenvalue weighted by atomic mass is 10.1. The first kappa shape index (κ1) is 9.96. The van der Waals surface area contributed by atoms with E-state index < -0.39 is 0 Å². The number of amides is 1. The number of nitrogens with zero attached hydrogens (tertiary/aromatic N) is 1. The van der Waals surface area contributed by atoms with E-state index in [9.17, 15) is 9.18 Å². The minimum absolute atomic E-state index is 0.0174. The second kappa shape index (κ2) is 3.53. The first-order valence-corrected chi connectivity index (χ1v) is 4.92. The van der Waals surface area contributed by atoms with Gasteiger partial charge in [0.25, 0.3) is 0 Å². The van der Waals surface area contributed by atoms with Gasteiger partial charge in [-0.15, -0.1) is 0 Å². The Hall–Kier alpha value is -1.58. The summed E-state index contributed by atoms with van der Waals surface area (Å²) in [5.74, 6) is -0.310. The summed E-state index contributed by atoms with van der Waals surface area (Å²) in [5, 5.41) is 3.15. The van der Waals surface area contributed by atoms with Gasteiger partial charge in [0.1, 0.15) is 5.82 Å². The number of fused-ring (bicyclic) bond motifs is 1. The summed E-state index contributed by atoms with van der Waals surface area (Å²) < 4.78 is 13.0. The lowest BCUT2D eigenvalue weighted by Gasteiger charge is -2.33. The highest BCUT2D eigenvalue weighted by atomic mass is 19.1. The molecule has 1 aliphatic rings. The second-order valence-electron chi connectivity index (χ2n) is 3.84. The Bertz CT molecular complexity index is 406. The van der Waals surface area contributed by atoms with Gasteiger partial charge in [0.15, 0.2) is 0 Å². The van der Waals surface area contributed by atoms with Crippen molar-refractivity contribution in [2.45, 2.75) is 19.9 Å². The SMILES string of the molecule is CC(=O)N1CC(C)Nc2cc(F)ccc21. The van der Waals surface area contributed by atoms with Crippen LogP contribution in [0.3, 0.4) is 0 Å². The third-order valence-electron chi connectivity index (χ3n) is 2.49. The molecule has 1 aromatic carbocycles. The maximum absolute atomic E-state index is 13.0. The third-order valence-corrected chi connectivity index (χ3v) is 2.49. The highest BCUT2D eigenvalue weighted by molar-refractivity contribution is 5.96. The zero-order valence-electron chi connectivity index (χ0n) is 8.75. The van der Waals surface area contributed by atoms with Crippen LogP contribution in [0.1, 0.15) is 13.8 Å². The predicted molar refractivity (Wildman–Crippen MR) is 57.5 cm³/mol. The van der Waals surface area contributed by atoms with E-state index in [-0.39, 0.29) is 17.8 Å². The molecular formula is C11H13FN2O. The number of benzene rings is 1. The number of hydrogen-bond acceptors (Lipinski definition) is 2. The van der Waals surface area contributed by atoms with Crippen LogP contribution in [0.4, 0.5) is 15.8 Å². The molecule has 1 unspecified atom stereocenters. The number of carbonyl (C=O) groups is 1. The number of carbonyl (C=O) groups excluding carboxylic acids is 1. The van der Waals surface area contributed by atoms with Gasteiger partial charge in [0, 0.05) is 19.5 Å². The minimum Gasteiger partial charge on any atom is -0.379 e. The molecule has 1 N–H and O–H groups in total. The molecule has 0 radical (unpaired) electrons. The summed E-state index contributed by atoms with van der Waals surface area (Å²) in [6, 6.07) is 4.56. The van der Waals surface area contributed by atoms with Crippen molar-refractivity contribution in [3.8, 4) is 0 Å². The van der Waals surface area contributed by atoms with E-state index >= 15 is 0 Å². The summed E-state index contributed by atoms with van der Waals surface area (Å²) >= 11 is 0. The molecular weight excluding hydrogens is 195 g/mol. The molecule has 1 heterocycles.